The van der Waals surface area contributed by atoms with Crippen LogP contribution in [0.25, 0.3) is 10.9 Å². The molecular formula is C34H33Cl2N5O8S. The van der Waals surface area contributed by atoms with Gasteiger partial charge in [0.2, 0.25) is 26.6 Å². The lowest BCUT2D eigenvalue weighted by Gasteiger charge is -2.43. The number of sulfone groups is 1. The third-order valence-corrected chi connectivity index (χ3v) is 11.9. The number of halogens is 2. The van der Waals surface area contributed by atoms with Gasteiger partial charge in [0.15, 0.2) is 0 Å². The molecule has 7 N–H and O–H groups in total. The van der Waals surface area contributed by atoms with E-state index in [0.717, 1.165) is 21.9 Å². The van der Waals surface area contributed by atoms with E-state index in [1.54, 1.807) is 19.1 Å². The van der Waals surface area contributed by atoms with E-state index < -0.39 is 67.0 Å². The van der Waals surface area contributed by atoms with Gasteiger partial charge < -0.3 is 27.0 Å². The highest BCUT2D eigenvalue weighted by molar-refractivity contribution is 7.93. The largest absolute Gasteiger partial charge is 0.480 e. The van der Waals surface area contributed by atoms with Crippen molar-refractivity contribution >= 4 is 67.6 Å². The van der Waals surface area contributed by atoms with Gasteiger partial charge in [-0.2, -0.15) is 0 Å². The lowest BCUT2D eigenvalue weighted by atomic mass is 9.97. The molecule has 13 nitrogen and oxygen atoms in total. The highest BCUT2D eigenvalue weighted by Gasteiger charge is 2.57. The number of nitrogens with two attached hydrogens (primary N) is 2. The molecule has 1 aromatic heterocycles. The van der Waals surface area contributed by atoms with Crippen molar-refractivity contribution in [3.05, 3.63) is 104 Å². The van der Waals surface area contributed by atoms with Crippen LogP contribution in [0, 0.1) is 13.8 Å². The van der Waals surface area contributed by atoms with E-state index in [1.807, 2.05) is 19.1 Å². The fourth-order valence-corrected chi connectivity index (χ4v) is 9.36. The first-order valence-electron chi connectivity index (χ1n) is 15.3. The molecule has 4 aromatic rings. The van der Waals surface area contributed by atoms with Crippen molar-refractivity contribution in [2.75, 3.05) is 6.54 Å². The van der Waals surface area contributed by atoms with Crippen LogP contribution >= 0.6 is 23.2 Å². The van der Waals surface area contributed by atoms with E-state index in [0.29, 0.717) is 11.2 Å². The number of likely N-dealkylation sites (tertiary alicyclic amines) is 1. The number of benzene rings is 3. The molecule has 262 valence electrons. The Labute approximate surface area is 297 Å². The molecule has 0 radical (unpaired) electrons. The van der Waals surface area contributed by atoms with Crippen LogP contribution in [-0.2, 0) is 19.4 Å². The zero-order valence-corrected chi connectivity index (χ0v) is 29.1. The maximum atomic E-state index is 15.1. The Balaban J connectivity index is 1.73. The molecule has 1 aliphatic heterocycles. The molecule has 2 heterocycles. The van der Waals surface area contributed by atoms with Gasteiger partial charge in [-0.1, -0.05) is 41.4 Å². The first-order valence-corrected chi connectivity index (χ1v) is 17.5. The molecule has 3 amide bonds. The van der Waals surface area contributed by atoms with Crippen molar-refractivity contribution in [2.24, 2.45) is 11.5 Å². The molecule has 3 atom stereocenters. The van der Waals surface area contributed by atoms with Gasteiger partial charge in [0, 0.05) is 44.9 Å². The van der Waals surface area contributed by atoms with E-state index in [2.05, 4.69) is 10.3 Å². The van der Waals surface area contributed by atoms with Crippen LogP contribution in [0.1, 0.15) is 68.5 Å². The van der Waals surface area contributed by atoms with E-state index >= 15 is 8.42 Å². The number of nitrogens with zero attached hydrogens (tertiary/aromatic N) is 2. The Bertz CT molecular complexity index is 2160. The van der Waals surface area contributed by atoms with E-state index in [9.17, 15) is 29.4 Å². The number of hydrogen-bond donors (Lipinski definition) is 5. The lowest BCUT2D eigenvalue weighted by molar-refractivity contribution is -0.144. The highest BCUT2D eigenvalue weighted by Crippen LogP contribution is 2.44. The molecule has 0 spiro atoms. The van der Waals surface area contributed by atoms with Crippen LogP contribution in [0.3, 0.4) is 0 Å². The smallest absolute Gasteiger partial charge is 0.321 e. The topological polar surface area (TPSA) is 223 Å². The normalized spacial score (nSPS) is 16.9. The predicted octanol–water partition coefficient (Wildman–Crippen LogP) is 3.62. The summed E-state index contributed by atoms with van der Waals surface area (Å²) >= 11 is 13.4. The zero-order valence-electron chi connectivity index (χ0n) is 26.8. The van der Waals surface area contributed by atoms with E-state index in [-0.39, 0.29) is 46.7 Å². The summed E-state index contributed by atoms with van der Waals surface area (Å²) in [6.45, 7) is 3.48. The number of carbonyl (C=O) groups excluding carboxylic acids is 3. The van der Waals surface area contributed by atoms with Crippen molar-refractivity contribution in [2.45, 2.75) is 55.1 Å². The van der Waals surface area contributed by atoms with Crippen LogP contribution in [0.2, 0.25) is 10.0 Å². The molecule has 5 rings (SSSR count). The summed E-state index contributed by atoms with van der Waals surface area (Å²) in [6.07, 6.45) is -2.52. The summed E-state index contributed by atoms with van der Waals surface area (Å²) in [6, 6.07) is 12.6. The number of nitrogens with one attached hydrogen (secondary N) is 1. The minimum Gasteiger partial charge on any atom is -0.480 e. The molecule has 3 unspecified atom stereocenters. The number of amides is 3. The Hall–Kier alpha value is -4.60. The minimum atomic E-state index is -5.14. The Morgan fingerprint density at radius 1 is 1.04 bits per heavy atom. The summed E-state index contributed by atoms with van der Waals surface area (Å²) in [5.41, 5.74) is 12.9. The molecule has 50 heavy (non-hydrogen) atoms. The minimum absolute atomic E-state index is 0.0141. The van der Waals surface area contributed by atoms with Gasteiger partial charge in [0.05, 0.1) is 21.9 Å². The van der Waals surface area contributed by atoms with Gasteiger partial charge in [-0.3, -0.25) is 29.1 Å². The van der Waals surface area contributed by atoms with Crippen LogP contribution in [0.4, 0.5) is 0 Å². The number of rotatable bonds is 11. The van der Waals surface area contributed by atoms with Crippen molar-refractivity contribution in [3.63, 3.8) is 0 Å². The van der Waals surface area contributed by atoms with Gasteiger partial charge in [-0.05, 0) is 74.7 Å². The number of aliphatic hydroxyl groups is 1. The summed E-state index contributed by atoms with van der Waals surface area (Å²) in [5.74, 6) is -4.41. The number of aromatic nitrogens is 1. The number of carboxylic acids is 1. The second-order valence-corrected chi connectivity index (χ2v) is 14.9. The Morgan fingerprint density at radius 2 is 1.70 bits per heavy atom. The molecule has 0 saturated carbocycles. The third kappa shape index (κ3) is 6.52. The number of fused-ring (bicyclic) bond motifs is 1. The van der Waals surface area contributed by atoms with Crippen LogP contribution < -0.4 is 16.8 Å². The standard InChI is InChI=1S/C34H33Cl2N5O8S/c1-17-15-18(2)39-29-21(17)5-3-6-22(29)30(43)27-23(35)12-13-25(28(27)36)50(48,49)34(16-26(37)42,41-14-4-7-24(41)33(46)47)40-32(45)20-10-8-19(9-11-20)31(38)44/h3,5-6,8-13,15,24,30,43H,4,7,14,16H2,1-2H3,(H2,37,42)(H2,38,44)(H,40,45)(H,46,47). The first-order chi connectivity index (χ1) is 23.5. The van der Waals surface area contributed by atoms with Crippen molar-refractivity contribution < 1.29 is 37.8 Å². The molecule has 1 fully saturated rings. The van der Waals surface area contributed by atoms with Gasteiger partial charge >= 0.3 is 5.97 Å². The number of carbonyl (C=O) groups is 4. The number of primary amides is 2. The molecular weight excluding hydrogens is 709 g/mol. The van der Waals surface area contributed by atoms with Crippen molar-refractivity contribution in [3.8, 4) is 0 Å². The van der Waals surface area contributed by atoms with Gasteiger partial charge in [-0.15, -0.1) is 0 Å². The number of aryl methyl sites for hydroxylation is 2. The quantitative estimate of drug-likeness (QED) is 0.150. The van der Waals surface area contributed by atoms with Gasteiger partial charge in [-0.25, -0.2) is 8.42 Å². The van der Waals surface area contributed by atoms with Crippen LogP contribution in [0.5, 0.6) is 0 Å². The Morgan fingerprint density at radius 3 is 2.32 bits per heavy atom. The SMILES string of the molecule is Cc1cc(C)c2cccc(C(O)c3c(Cl)ccc(S(=O)(=O)C(CC(N)=O)(NC(=O)c4ccc(C(N)=O)cc4)N4CCCC4C(=O)O)c3Cl)c2n1. The number of hydrogen-bond acceptors (Lipinski definition) is 9. The third-order valence-electron chi connectivity index (χ3n) is 8.75. The molecule has 1 saturated heterocycles. The van der Waals surface area contributed by atoms with Gasteiger partial charge in [0.25, 0.3) is 5.91 Å². The lowest BCUT2D eigenvalue weighted by Crippen LogP contribution is -2.68. The molecule has 16 heteroatoms. The predicted molar refractivity (Wildman–Crippen MR) is 185 cm³/mol. The fourth-order valence-electron chi connectivity index (χ4n) is 6.43. The van der Waals surface area contributed by atoms with E-state index in [1.165, 1.54) is 30.3 Å². The average molecular weight is 743 g/mol. The molecule has 1 aliphatic rings. The summed E-state index contributed by atoms with van der Waals surface area (Å²) in [7, 11) is -5.14. The summed E-state index contributed by atoms with van der Waals surface area (Å²) in [5, 5.41) is 24.4. The maximum absolute atomic E-state index is 15.1. The zero-order chi connectivity index (χ0) is 36.7. The first kappa shape index (κ1) is 36.7. The van der Waals surface area contributed by atoms with Crippen LogP contribution in [0.15, 0.2) is 65.6 Å². The van der Waals surface area contributed by atoms with Crippen molar-refractivity contribution in [1.82, 2.24) is 15.2 Å². The molecule has 0 aliphatic carbocycles. The summed E-state index contributed by atoms with van der Waals surface area (Å²) < 4.78 is 30.1. The fraction of sp³-hybridized carbons (Fsp3) is 0.265. The van der Waals surface area contributed by atoms with Crippen LogP contribution in [-0.4, -0.2) is 69.8 Å². The number of aliphatic hydroxyl groups excluding tert-OH is 1. The van der Waals surface area contributed by atoms with Gasteiger partial charge in [0.1, 0.15) is 12.1 Å². The maximum Gasteiger partial charge on any atom is 0.321 e. The highest BCUT2D eigenvalue weighted by atomic mass is 35.5. The summed E-state index contributed by atoms with van der Waals surface area (Å²) in [4.78, 5) is 52.7. The number of para-hydroxylation sites is 1. The Kier molecular flexibility index (Phi) is 10.2. The second-order valence-electron chi connectivity index (χ2n) is 12.0. The average Bonchev–Trinajstić information content (AvgIpc) is 3.55. The molecule has 3 aromatic carbocycles. The second kappa shape index (κ2) is 14.0. The number of pyridine rings is 1. The monoisotopic (exact) mass is 741 g/mol. The van der Waals surface area contributed by atoms with Crippen molar-refractivity contribution in [1.29, 1.82) is 0 Å². The van der Waals surface area contributed by atoms with E-state index in [4.69, 9.17) is 34.7 Å². The number of aliphatic carboxylic acids is 1. The number of carboxylic acid groups (broad SMARTS) is 1. The molecule has 0 bridgehead atoms.